The molecular weight excluding hydrogens is 661 g/mol. The van der Waals surface area contributed by atoms with E-state index in [0.717, 1.165) is 83.5 Å². The van der Waals surface area contributed by atoms with Crippen LogP contribution in [0.15, 0.2) is 36.5 Å². The molecule has 0 aromatic carbocycles. The number of carbonyl (C=O) groups is 3. The Morgan fingerprint density at radius 3 is 1.70 bits per heavy atom. The van der Waals surface area contributed by atoms with Gasteiger partial charge in [0.1, 0.15) is 12.7 Å². The molecule has 0 heterocycles. The molecule has 0 rings (SSSR count). The maximum atomic E-state index is 12.2. The van der Waals surface area contributed by atoms with Gasteiger partial charge in [0.15, 0.2) is 6.04 Å². The van der Waals surface area contributed by atoms with Crippen molar-refractivity contribution < 1.29 is 47.8 Å². The van der Waals surface area contributed by atoms with Crippen LogP contribution < -0.4 is 5.32 Å². The van der Waals surface area contributed by atoms with Gasteiger partial charge in [-0.3, -0.25) is 18.6 Å². The normalized spacial score (nSPS) is 14.3. The van der Waals surface area contributed by atoms with Crippen LogP contribution in [0, 0.1) is 0 Å². The molecule has 3 atom stereocenters. The van der Waals surface area contributed by atoms with E-state index in [-0.39, 0.29) is 12.8 Å². The van der Waals surface area contributed by atoms with Crippen LogP contribution in [0.25, 0.3) is 0 Å². The number of carbonyl (C=O) groups excluding carboxylic acids is 2. The standard InChI is InChI=1S/C38H68NO10P/c1-3-5-7-9-11-13-15-17-18-19-21-23-25-27-29-36(41)39-35(38(43)44)33-49-50(45,46)48-32-34(40)31-47-37(42)30-28-26-24-22-20-16-14-12-10-8-6-4-2/h9,11-12,14-15,17,34-35,40H,3-8,10,13,16,18-33H2,1-2H3,(H,39,41)(H,43,44)(H,45,46)/b11-9-,14-12-,17-15-. The van der Waals surface area contributed by atoms with E-state index in [1.54, 1.807) is 0 Å². The van der Waals surface area contributed by atoms with Gasteiger partial charge in [-0.15, -0.1) is 0 Å². The van der Waals surface area contributed by atoms with Crippen LogP contribution in [0.1, 0.15) is 155 Å². The van der Waals surface area contributed by atoms with Gasteiger partial charge in [0.2, 0.25) is 5.91 Å². The number of ether oxygens (including phenoxy) is 1. The van der Waals surface area contributed by atoms with Crippen molar-refractivity contribution >= 4 is 25.7 Å². The summed E-state index contributed by atoms with van der Waals surface area (Å²) in [7, 11) is -4.75. The summed E-state index contributed by atoms with van der Waals surface area (Å²) in [6, 6.07) is -1.55. The number of carboxylic acid groups (broad SMARTS) is 1. The first-order chi connectivity index (χ1) is 24.1. The second-order valence-corrected chi connectivity index (χ2v) is 14.2. The van der Waals surface area contributed by atoms with Crippen LogP contribution >= 0.6 is 7.82 Å². The highest BCUT2D eigenvalue weighted by Crippen LogP contribution is 2.43. The quantitative estimate of drug-likeness (QED) is 0.0214. The molecule has 0 aromatic rings. The lowest BCUT2D eigenvalue weighted by Gasteiger charge is -2.18. The molecule has 0 aliphatic rings. The Bertz CT molecular complexity index is 1000. The molecule has 0 saturated carbocycles. The minimum atomic E-state index is -4.75. The Kier molecular flexibility index (Phi) is 32.3. The predicted molar refractivity (Wildman–Crippen MR) is 199 cm³/mol. The molecule has 12 heteroatoms. The summed E-state index contributed by atoms with van der Waals surface area (Å²) >= 11 is 0. The van der Waals surface area contributed by atoms with Crippen LogP contribution in [-0.4, -0.2) is 64.9 Å². The molecule has 0 bridgehead atoms. The van der Waals surface area contributed by atoms with Gasteiger partial charge < -0.3 is 25.2 Å². The Morgan fingerprint density at radius 1 is 0.640 bits per heavy atom. The first kappa shape index (κ1) is 47.7. The fourth-order valence-corrected chi connectivity index (χ4v) is 5.63. The SMILES string of the molecule is CCCC/C=C\C/C=C\CCCCCCCC(=O)NC(COP(=O)(O)OCC(O)COC(=O)CCCCCCC/C=C\CCCCC)C(=O)O. The smallest absolute Gasteiger partial charge is 0.472 e. The van der Waals surface area contributed by atoms with E-state index >= 15 is 0 Å². The molecule has 0 radical (unpaired) electrons. The summed E-state index contributed by atoms with van der Waals surface area (Å²) in [5, 5.41) is 21.7. The largest absolute Gasteiger partial charge is 0.480 e. The summed E-state index contributed by atoms with van der Waals surface area (Å²) < 4.78 is 26.7. The zero-order valence-corrected chi connectivity index (χ0v) is 31.8. The number of phosphoric acid groups is 1. The molecule has 50 heavy (non-hydrogen) atoms. The maximum Gasteiger partial charge on any atom is 0.472 e. The van der Waals surface area contributed by atoms with Crippen LogP contribution in [0.5, 0.6) is 0 Å². The number of aliphatic carboxylic acids is 1. The average molecular weight is 730 g/mol. The van der Waals surface area contributed by atoms with E-state index in [1.807, 2.05) is 0 Å². The van der Waals surface area contributed by atoms with Gasteiger partial charge in [0, 0.05) is 12.8 Å². The van der Waals surface area contributed by atoms with E-state index in [1.165, 1.54) is 32.1 Å². The van der Waals surface area contributed by atoms with Gasteiger partial charge in [-0.05, 0) is 64.2 Å². The van der Waals surface area contributed by atoms with Crippen LogP contribution in [-0.2, 0) is 32.7 Å². The average Bonchev–Trinajstić information content (AvgIpc) is 3.08. The van der Waals surface area contributed by atoms with Gasteiger partial charge >= 0.3 is 19.8 Å². The van der Waals surface area contributed by atoms with Gasteiger partial charge in [-0.25, -0.2) is 9.36 Å². The maximum absolute atomic E-state index is 12.2. The Morgan fingerprint density at radius 2 is 1.12 bits per heavy atom. The number of esters is 1. The first-order valence-corrected chi connectivity index (χ1v) is 20.5. The number of hydrogen-bond acceptors (Lipinski definition) is 8. The van der Waals surface area contributed by atoms with Crippen molar-refractivity contribution in [3.63, 3.8) is 0 Å². The zero-order valence-electron chi connectivity index (χ0n) is 30.9. The van der Waals surface area contributed by atoms with E-state index < -0.39 is 57.6 Å². The first-order valence-electron chi connectivity index (χ1n) is 19.0. The van der Waals surface area contributed by atoms with Crippen LogP contribution in [0.3, 0.4) is 0 Å². The molecule has 4 N–H and O–H groups in total. The second-order valence-electron chi connectivity index (χ2n) is 12.8. The monoisotopic (exact) mass is 729 g/mol. The van der Waals surface area contributed by atoms with E-state index in [2.05, 4.69) is 55.6 Å². The Balaban J connectivity index is 4.01. The molecular formula is C38H68NO10P. The third-order valence-electron chi connectivity index (χ3n) is 7.90. The van der Waals surface area contributed by atoms with E-state index in [9.17, 15) is 34.1 Å². The van der Waals surface area contributed by atoms with Crippen LogP contribution in [0.4, 0.5) is 0 Å². The molecule has 290 valence electrons. The molecule has 0 aliphatic carbocycles. The third-order valence-corrected chi connectivity index (χ3v) is 8.85. The van der Waals surface area contributed by atoms with E-state index in [4.69, 9.17) is 13.8 Å². The fourth-order valence-electron chi connectivity index (χ4n) is 4.85. The van der Waals surface area contributed by atoms with E-state index in [0.29, 0.717) is 12.8 Å². The molecule has 1 amide bonds. The number of hydrogen-bond donors (Lipinski definition) is 4. The highest BCUT2D eigenvalue weighted by atomic mass is 31.2. The molecule has 0 aliphatic heterocycles. The van der Waals surface area contributed by atoms with Crippen molar-refractivity contribution in [2.45, 2.75) is 167 Å². The Labute approximate surface area is 301 Å². The van der Waals surface area contributed by atoms with Crippen molar-refractivity contribution in [2.75, 3.05) is 19.8 Å². The molecule has 3 unspecified atom stereocenters. The number of carboxylic acids is 1. The van der Waals surface area contributed by atoms with Crippen molar-refractivity contribution in [3.05, 3.63) is 36.5 Å². The summed E-state index contributed by atoms with van der Waals surface area (Å²) in [6.45, 7) is 2.48. The molecule has 11 nitrogen and oxygen atoms in total. The van der Waals surface area contributed by atoms with Crippen molar-refractivity contribution in [3.8, 4) is 0 Å². The summed E-state index contributed by atoms with van der Waals surface area (Å²) in [6.07, 6.45) is 33.2. The summed E-state index contributed by atoms with van der Waals surface area (Å²) in [4.78, 5) is 45.7. The Hall–Kier alpha value is -2.30. The zero-order chi connectivity index (χ0) is 37.1. The number of allylic oxidation sites excluding steroid dienone is 6. The summed E-state index contributed by atoms with van der Waals surface area (Å²) in [5.41, 5.74) is 0. The minimum absolute atomic E-state index is 0.128. The van der Waals surface area contributed by atoms with Crippen molar-refractivity contribution in [1.82, 2.24) is 5.32 Å². The number of aliphatic hydroxyl groups is 1. The molecule has 0 aromatic heterocycles. The molecule has 0 spiro atoms. The number of aliphatic hydroxyl groups excluding tert-OH is 1. The summed E-state index contributed by atoms with van der Waals surface area (Å²) in [5.74, 6) is -2.41. The lowest BCUT2D eigenvalue weighted by Crippen LogP contribution is -2.43. The predicted octanol–water partition coefficient (Wildman–Crippen LogP) is 8.88. The molecule has 0 fully saturated rings. The fraction of sp³-hybridized carbons (Fsp3) is 0.763. The van der Waals surface area contributed by atoms with Crippen LogP contribution in [0.2, 0.25) is 0 Å². The van der Waals surface area contributed by atoms with Crippen molar-refractivity contribution in [2.24, 2.45) is 0 Å². The lowest BCUT2D eigenvalue weighted by molar-refractivity contribution is -0.147. The number of rotatable bonds is 35. The number of amides is 1. The molecule has 0 saturated heterocycles. The second kappa shape index (κ2) is 33.8. The minimum Gasteiger partial charge on any atom is -0.480 e. The van der Waals surface area contributed by atoms with Gasteiger partial charge in [-0.2, -0.15) is 0 Å². The van der Waals surface area contributed by atoms with Gasteiger partial charge in [0.25, 0.3) is 0 Å². The van der Waals surface area contributed by atoms with Gasteiger partial charge in [-0.1, -0.05) is 115 Å². The highest BCUT2D eigenvalue weighted by Gasteiger charge is 2.28. The van der Waals surface area contributed by atoms with Gasteiger partial charge in [0.05, 0.1) is 13.2 Å². The van der Waals surface area contributed by atoms with Crippen molar-refractivity contribution in [1.29, 1.82) is 0 Å². The number of unbranched alkanes of at least 4 members (excludes halogenated alkanes) is 15. The highest BCUT2D eigenvalue weighted by molar-refractivity contribution is 7.47. The number of phosphoric ester groups is 1. The lowest BCUT2D eigenvalue weighted by atomic mass is 10.1. The third kappa shape index (κ3) is 32.9. The number of nitrogens with one attached hydrogen (secondary N) is 1. The topological polar surface area (TPSA) is 169 Å².